The molecular formula is C9H3Cl2F3N2O2S2. The van der Waals surface area contributed by atoms with Gasteiger partial charge in [-0.05, 0) is 18.2 Å². The molecule has 0 aliphatic carbocycles. The predicted octanol–water partition coefficient (Wildman–Crippen LogP) is 3.70. The van der Waals surface area contributed by atoms with Crippen LogP contribution in [0.1, 0.15) is 5.01 Å². The second-order valence-electron chi connectivity index (χ2n) is 3.45. The lowest BCUT2D eigenvalue weighted by Gasteiger charge is -2.03. The van der Waals surface area contributed by atoms with E-state index in [4.69, 9.17) is 23.2 Å². The van der Waals surface area contributed by atoms with Gasteiger partial charge < -0.3 is 0 Å². The van der Waals surface area contributed by atoms with Gasteiger partial charge in [-0.25, -0.2) is 8.42 Å². The lowest BCUT2D eigenvalue weighted by atomic mass is 10.4. The summed E-state index contributed by atoms with van der Waals surface area (Å²) in [5.74, 6) is 0. The summed E-state index contributed by atoms with van der Waals surface area (Å²) in [6, 6.07) is 3.52. The van der Waals surface area contributed by atoms with Crippen molar-refractivity contribution in [3.05, 3.63) is 33.3 Å². The zero-order valence-corrected chi connectivity index (χ0v) is 12.3. The molecule has 0 bridgehead atoms. The first-order valence-electron chi connectivity index (χ1n) is 4.73. The zero-order valence-electron chi connectivity index (χ0n) is 9.15. The third-order valence-electron chi connectivity index (χ3n) is 2.06. The summed E-state index contributed by atoms with van der Waals surface area (Å²) in [5.41, 5.74) is 0. The highest BCUT2D eigenvalue weighted by molar-refractivity contribution is 7.93. The monoisotopic (exact) mass is 362 g/mol. The standard InChI is InChI=1S/C9H3Cl2F3N2O2S2/c10-4-1-2-6(5(11)3-4)20(17,18)8-16-15-7(19-8)9(12,13)14/h1-3H. The molecule has 1 heterocycles. The van der Waals surface area contributed by atoms with E-state index in [9.17, 15) is 21.6 Å². The van der Waals surface area contributed by atoms with Crippen LogP contribution in [0.4, 0.5) is 13.2 Å². The Morgan fingerprint density at radius 1 is 1.15 bits per heavy atom. The summed E-state index contributed by atoms with van der Waals surface area (Å²) in [6.45, 7) is 0. The summed E-state index contributed by atoms with van der Waals surface area (Å²) in [5, 5.41) is 4.53. The van der Waals surface area contributed by atoms with Crippen LogP contribution in [0.5, 0.6) is 0 Å². The fourth-order valence-electron chi connectivity index (χ4n) is 1.22. The van der Waals surface area contributed by atoms with Crippen LogP contribution in [0.2, 0.25) is 10.0 Å². The minimum Gasteiger partial charge on any atom is -0.216 e. The van der Waals surface area contributed by atoms with Gasteiger partial charge in [-0.2, -0.15) is 13.2 Å². The molecule has 0 unspecified atom stereocenters. The van der Waals surface area contributed by atoms with Crippen LogP contribution < -0.4 is 0 Å². The first-order valence-corrected chi connectivity index (χ1v) is 7.79. The first kappa shape index (κ1) is 15.5. The van der Waals surface area contributed by atoms with Crippen molar-refractivity contribution in [3.63, 3.8) is 0 Å². The van der Waals surface area contributed by atoms with E-state index >= 15 is 0 Å². The number of aromatic nitrogens is 2. The molecule has 4 nitrogen and oxygen atoms in total. The van der Waals surface area contributed by atoms with Crippen LogP contribution in [-0.2, 0) is 16.0 Å². The SMILES string of the molecule is O=S(=O)(c1nnc(C(F)(F)F)s1)c1ccc(Cl)cc1Cl. The number of hydrogen-bond donors (Lipinski definition) is 0. The van der Waals surface area contributed by atoms with Gasteiger partial charge in [0.1, 0.15) is 0 Å². The highest BCUT2D eigenvalue weighted by Gasteiger charge is 2.38. The van der Waals surface area contributed by atoms with Crippen LogP contribution in [0.15, 0.2) is 27.4 Å². The van der Waals surface area contributed by atoms with E-state index in [1.54, 1.807) is 0 Å². The Bertz CT molecular complexity index is 759. The lowest BCUT2D eigenvalue weighted by Crippen LogP contribution is -2.03. The second-order valence-corrected chi connectivity index (χ2v) is 7.36. The number of halogens is 5. The molecule has 0 aliphatic rings. The Morgan fingerprint density at radius 3 is 2.30 bits per heavy atom. The maximum absolute atomic E-state index is 12.4. The average Bonchev–Trinajstić information content (AvgIpc) is 2.77. The third-order valence-corrected chi connectivity index (χ3v) is 5.87. The molecule has 0 N–H and O–H groups in total. The smallest absolute Gasteiger partial charge is 0.216 e. The summed E-state index contributed by atoms with van der Waals surface area (Å²) >= 11 is 11.3. The number of benzene rings is 1. The second kappa shape index (κ2) is 5.14. The lowest BCUT2D eigenvalue weighted by molar-refractivity contribution is -0.138. The molecule has 0 amide bonds. The molecule has 11 heteroatoms. The summed E-state index contributed by atoms with van der Waals surface area (Å²) < 4.78 is 60.6. The van der Waals surface area contributed by atoms with Crippen LogP contribution in [0.25, 0.3) is 0 Å². The van der Waals surface area contributed by atoms with Crippen molar-refractivity contribution in [2.24, 2.45) is 0 Å². The van der Waals surface area contributed by atoms with Crippen molar-refractivity contribution in [2.75, 3.05) is 0 Å². The van der Waals surface area contributed by atoms with Gasteiger partial charge >= 0.3 is 6.18 Å². The van der Waals surface area contributed by atoms with E-state index in [2.05, 4.69) is 10.2 Å². The van der Waals surface area contributed by atoms with Gasteiger partial charge in [0.2, 0.25) is 19.2 Å². The van der Waals surface area contributed by atoms with E-state index < -0.39 is 25.4 Å². The molecule has 1 aromatic heterocycles. The number of hydrogen-bond acceptors (Lipinski definition) is 5. The van der Waals surface area contributed by atoms with Gasteiger partial charge in [0.25, 0.3) is 0 Å². The van der Waals surface area contributed by atoms with E-state index in [0.717, 1.165) is 6.07 Å². The van der Waals surface area contributed by atoms with E-state index in [-0.39, 0.29) is 26.3 Å². The molecule has 0 aliphatic heterocycles. The molecule has 2 aromatic rings. The highest BCUT2D eigenvalue weighted by atomic mass is 35.5. The number of nitrogens with zero attached hydrogens (tertiary/aromatic N) is 2. The Kier molecular flexibility index (Phi) is 3.98. The topological polar surface area (TPSA) is 59.9 Å². The Labute approximate surface area is 125 Å². The first-order chi connectivity index (χ1) is 9.12. The van der Waals surface area contributed by atoms with Crippen molar-refractivity contribution in [1.29, 1.82) is 0 Å². The number of rotatable bonds is 2. The van der Waals surface area contributed by atoms with Gasteiger partial charge in [0.05, 0.1) is 9.92 Å². The van der Waals surface area contributed by atoms with Gasteiger partial charge in [-0.15, -0.1) is 10.2 Å². The fourth-order valence-corrected chi connectivity index (χ4v) is 4.22. The molecule has 0 radical (unpaired) electrons. The van der Waals surface area contributed by atoms with Gasteiger partial charge in [-0.3, -0.25) is 0 Å². The molecule has 20 heavy (non-hydrogen) atoms. The maximum atomic E-state index is 12.4. The van der Waals surface area contributed by atoms with Crippen LogP contribution >= 0.6 is 34.5 Å². The van der Waals surface area contributed by atoms with Gasteiger partial charge in [-0.1, -0.05) is 34.5 Å². The summed E-state index contributed by atoms with van der Waals surface area (Å²) in [7, 11) is -4.27. The molecule has 0 spiro atoms. The quantitative estimate of drug-likeness (QED) is 0.817. The predicted molar refractivity (Wildman–Crippen MR) is 66.8 cm³/mol. The molecule has 1 aromatic carbocycles. The van der Waals surface area contributed by atoms with Crippen molar-refractivity contribution in [3.8, 4) is 0 Å². The molecule has 0 fully saturated rings. The maximum Gasteiger partial charge on any atom is 0.445 e. The normalized spacial score (nSPS) is 12.7. The molecule has 0 atom stereocenters. The molecular weight excluding hydrogens is 360 g/mol. The Balaban J connectivity index is 2.53. The van der Waals surface area contributed by atoms with E-state index in [1.807, 2.05) is 0 Å². The molecule has 108 valence electrons. The Morgan fingerprint density at radius 2 is 1.80 bits per heavy atom. The largest absolute Gasteiger partial charge is 0.445 e. The molecule has 0 saturated heterocycles. The summed E-state index contributed by atoms with van der Waals surface area (Å²) in [6.07, 6.45) is -4.75. The zero-order chi connectivity index (χ0) is 15.1. The number of sulfone groups is 1. The van der Waals surface area contributed by atoms with E-state index in [0.29, 0.717) is 0 Å². The van der Waals surface area contributed by atoms with Crippen LogP contribution in [0, 0.1) is 0 Å². The van der Waals surface area contributed by atoms with E-state index in [1.165, 1.54) is 12.1 Å². The Hall–Kier alpha value is -0.900. The van der Waals surface area contributed by atoms with Gasteiger partial charge in [0.15, 0.2) is 0 Å². The van der Waals surface area contributed by atoms with Crippen molar-refractivity contribution in [1.82, 2.24) is 10.2 Å². The van der Waals surface area contributed by atoms with Crippen LogP contribution in [0.3, 0.4) is 0 Å². The van der Waals surface area contributed by atoms with Crippen molar-refractivity contribution >= 4 is 44.4 Å². The molecule has 2 rings (SSSR count). The van der Waals surface area contributed by atoms with Crippen molar-refractivity contribution < 1.29 is 21.6 Å². The summed E-state index contributed by atoms with van der Waals surface area (Å²) in [4.78, 5) is -0.381. The minimum atomic E-state index is -4.75. The average molecular weight is 363 g/mol. The third kappa shape index (κ3) is 2.90. The number of alkyl halides is 3. The minimum absolute atomic E-state index is 0.0723. The molecule has 0 saturated carbocycles. The van der Waals surface area contributed by atoms with Gasteiger partial charge in [0, 0.05) is 5.02 Å². The fraction of sp³-hybridized carbons (Fsp3) is 0.111. The van der Waals surface area contributed by atoms with Crippen LogP contribution in [-0.4, -0.2) is 18.6 Å². The highest BCUT2D eigenvalue weighted by Crippen LogP contribution is 2.36. The van der Waals surface area contributed by atoms with Crippen molar-refractivity contribution in [2.45, 2.75) is 15.4 Å².